The average molecular weight is 253 g/mol. The second-order valence-electron chi connectivity index (χ2n) is 4.50. The molecule has 0 amide bonds. The summed E-state index contributed by atoms with van der Waals surface area (Å²) >= 11 is 0. The zero-order valence-corrected chi connectivity index (χ0v) is 9.86. The van der Waals surface area contributed by atoms with Crippen molar-refractivity contribution in [3.63, 3.8) is 0 Å². The van der Waals surface area contributed by atoms with Crippen molar-refractivity contribution in [1.82, 2.24) is 9.55 Å². The lowest BCUT2D eigenvalue weighted by Crippen LogP contribution is -2.19. The zero-order chi connectivity index (χ0) is 12.9. The summed E-state index contributed by atoms with van der Waals surface area (Å²) in [4.78, 5) is 4.07. The SMILES string of the molecule is CC1OCCC1n1c(N)nc2ccc(F)c(F)c21. The van der Waals surface area contributed by atoms with E-state index >= 15 is 0 Å². The van der Waals surface area contributed by atoms with Crippen LogP contribution < -0.4 is 5.73 Å². The quantitative estimate of drug-likeness (QED) is 0.848. The van der Waals surface area contributed by atoms with E-state index < -0.39 is 11.6 Å². The first-order valence-electron chi connectivity index (χ1n) is 5.82. The van der Waals surface area contributed by atoms with Gasteiger partial charge in [0.25, 0.3) is 0 Å². The molecule has 0 radical (unpaired) electrons. The molecule has 6 heteroatoms. The number of anilines is 1. The summed E-state index contributed by atoms with van der Waals surface area (Å²) in [7, 11) is 0. The van der Waals surface area contributed by atoms with E-state index in [1.165, 1.54) is 6.07 Å². The molecule has 1 aliphatic rings. The molecular weight excluding hydrogens is 240 g/mol. The highest BCUT2D eigenvalue weighted by Crippen LogP contribution is 2.33. The number of hydrogen-bond donors (Lipinski definition) is 1. The number of fused-ring (bicyclic) bond motifs is 1. The number of imidazole rings is 1. The second-order valence-corrected chi connectivity index (χ2v) is 4.50. The van der Waals surface area contributed by atoms with Crippen LogP contribution in [0.3, 0.4) is 0 Å². The van der Waals surface area contributed by atoms with Gasteiger partial charge in [0, 0.05) is 6.61 Å². The molecule has 1 aliphatic heterocycles. The van der Waals surface area contributed by atoms with Crippen molar-refractivity contribution in [2.75, 3.05) is 12.3 Å². The molecule has 0 bridgehead atoms. The van der Waals surface area contributed by atoms with E-state index in [4.69, 9.17) is 10.5 Å². The smallest absolute Gasteiger partial charge is 0.201 e. The number of nitrogens with zero attached hydrogens (tertiary/aromatic N) is 2. The van der Waals surface area contributed by atoms with Gasteiger partial charge in [-0.25, -0.2) is 13.8 Å². The maximum Gasteiger partial charge on any atom is 0.201 e. The Labute approximate surface area is 102 Å². The van der Waals surface area contributed by atoms with Crippen molar-refractivity contribution < 1.29 is 13.5 Å². The monoisotopic (exact) mass is 253 g/mol. The van der Waals surface area contributed by atoms with E-state index in [1.54, 1.807) is 4.57 Å². The molecule has 2 N–H and O–H groups in total. The van der Waals surface area contributed by atoms with Crippen LogP contribution in [0, 0.1) is 11.6 Å². The molecule has 0 aliphatic carbocycles. The average Bonchev–Trinajstić information content (AvgIpc) is 2.87. The summed E-state index contributed by atoms with van der Waals surface area (Å²) in [5, 5.41) is 0. The first-order valence-corrected chi connectivity index (χ1v) is 5.82. The number of halogens is 2. The number of aromatic nitrogens is 2. The molecule has 2 aromatic rings. The predicted octanol–water partition coefficient (Wildman–Crippen LogP) is 2.25. The van der Waals surface area contributed by atoms with Crippen LogP contribution in [0.4, 0.5) is 14.7 Å². The molecule has 4 nitrogen and oxygen atoms in total. The first kappa shape index (κ1) is 11.4. The van der Waals surface area contributed by atoms with E-state index in [2.05, 4.69) is 4.98 Å². The van der Waals surface area contributed by atoms with Crippen molar-refractivity contribution in [1.29, 1.82) is 0 Å². The topological polar surface area (TPSA) is 53.1 Å². The molecule has 2 heterocycles. The Morgan fingerprint density at radius 1 is 1.44 bits per heavy atom. The molecule has 1 aromatic heterocycles. The van der Waals surface area contributed by atoms with Gasteiger partial charge in [-0.05, 0) is 25.5 Å². The normalized spacial score (nSPS) is 23.9. The largest absolute Gasteiger partial charge is 0.376 e. The van der Waals surface area contributed by atoms with Gasteiger partial charge < -0.3 is 15.0 Å². The molecule has 1 aromatic carbocycles. The van der Waals surface area contributed by atoms with Crippen molar-refractivity contribution in [2.24, 2.45) is 0 Å². The van der Waals surface area contributed by atoms with E-state index in [1.807, 2.05) is 6.92 Å². The van der Waals surface area contributed by atoms with Crippen LogP contribution in [0.1, 0.15) is 19.4 Å². The standard InChI is InChI=1S/C12H13F2N3O/c1-6-9(4-5-18-6)17-11-8(16-12(17)15)3-2-7(13)10(11)14/h2-3,6,9H,4-5H2,1H3,(H2,15,16). The lowest BCUT2D eigenvalue weighted by molar-refractivity contribution is 0.108. The molecular formula is C12H13F2N3O. The minimum absolute atomic E-state index is 0.0904. The minimum atomic E-state index is -0.907. The van der Waals surface area contributed by atoms with Crippen molar-refractivity contribution in [3.05, 3.63) is 23.8 Å². The van der Waals surface area contributed by atoms with Crippen LogP contribution >= 0.6 is 0 Å². The molecule has 96 valence electrons. The van der Waals surface area contributed by atoms with Crippen LogP contribution in [0.25, 0.3) is 11.0 Å². The molecule has 2 unspecified atom stereocenters. The maximum atomic E-state index is 13.9. The fourth-order valence-corrected chi connectivity index (χ4v) is 2.54. The zero-order valence-electron chi connectivity index (χ0n) is 9.86. The number of benzene rings is 1. The van der Waals surface area contributed by atoms with E-state index in [9.17, 15) is 8.78 Å². The van der Waals surface area contributed by atoms with Crippen LogP contribution in [-0.4, -0.2) is 22.3 Å². The molecule has 3 rings (SSSR count). The molecule has 0 spiro atoms. The van der Waals surface area contributed by atoms with Crippen molar-refractivity contribution in [2.45, 2.75) is 25.5 Å². The Kier molecular flexibility index (Phi) is 2.48. The number of ether oxygens (including phenoxy) is 1. The van der Waals surface area contributed by atoms with Gasteiger partial charge in [0.1, 0.15) is 5.52 Å². The Morgan fingerprint density at radius 2 is 2.22 bits per heavy atom. The van der Waals surface area contributed by atoms with E-state index in [-0.39, 0.29) is 23.6 Å². The van der Waals surface area contributed by atoms with Crippen molar-refractivity contribution >= 4 is 17.0 Å². The highest BCUT2D eigenvalue weighted by atomic mass is 19.2. The molecule has 0 saturated carbocycles. The lowest BCUT2D eigenvalue weighted by atomic mass is 10.1. The Balaban J connectivity index is 2.27. The number of nitrogens with two attached hydrogens (primary N) is 1. The van der Waals surface area contributed by atoms with Crippen LogP contribution in [-0.2, 0) is 4.74 Å². The maximum absolute atomic E-state index is 13.9. The fraction of sp³-hybridized carbons (Fsp3) is 0.417. The van der Waals surface area contributed by atoms with Gasteiger partial charge in [-0.3, -0.25) is 0 Å². The molecule has 1 fully saturated rings. The highest BCUT2D eigenvalue weighted by Gasteiger charge is 2.30. The Morgan fingerprint density at radius 3 is 2.89 bits per heavy atom. The molecule has 1 saturated heterocycles. The molecule has 18 heavy (non-hydrogen) atoms. The number of rotatable bonds is 1. The second kappa shape index (κ2) is 3.91. The highest BCUT2D eigenvalue weighted by molar-refractivity contribution is 5.79. The fourth-order valence-electron chi connectivity index (χ4n) is 2.54. The van der Waals surface area contributed by atoms with Gasteiger partial charge in [-0.1, -0.05) is 0 Å². The third kappa shape index (κ3) is 1.49. The van der Waals surface area contributed by atoms with Gasteiger partial charge in [0.15, 0.2) is 11.6 Å². The third-order valence-electron chi connectivity index (χ3n) is 3.44. The Hall–Kier alpha value is -1.69. The summed E-state index contributed by atoms with van der Waals surface area (Å²) in [6, 6.07) is 2.38. The van der Waals surface area contributed by atoms with Crippen molar-refractivity contribution in [3.8, 4) is 0 Å². The van der Waals surface area contributed by atoms with Crippen LogP contribution in [0.15, 0.2) is 12.1 Å². The van der Waals surface area contributed by atoms with E-state index in [0.29, 0.717) is 18.5 Å². The van der Waals surface area contributed by atoms with Crippen LogP contribution in [0.2, 0.25) is 0 Å². The summed E-state index contributed by atoms with van der Waals surface area (Å²) in [5.74, 6) is -1.61. The third-order valence-corrected chi connectivity index (χ3v) is 3.44. The number of hydrogen-bond acceptors (Lipinski definition) is 3. The summed E-state index contributed by atoms with van der Waals surface area (Å²) in [6.07, 6.45) is 0.625. The summed E-state index contributed by atoms with van der Waals surface area (Å²) < 4.78 is 34.2. The van der Waals surface area contributed by atoms with Gasteiger partial charge >= 0.3 is 0 Å². The predicted molar refractivity (Wildman–Crippen MR) is 63.1 cm³/mol. The van der Waals surface area contributed by atoms with Gasteiger partial charge in [0.05, 0.1) is 17.7 Å². The van der Waals surface area contributed by atoms with Gasteiger partial charge in [-0.15, -0.1) is 0 Å². The number of nitrogen functional groups attached to an aromatic ring is 1. The van der Waals surface area contributed by atoms with Gasteiger partial charge in [0.2, 0.25) is 5.95 Å². The lowest BCUT2D eigenvalue weighted by Gasteiger charge is -2.18. The van der Waals surface area contributed by atoms with Crippen LogP contribution in [0.5, 0.6) is 0 Å². The summed E-state index contributed by atoms with van der Waals surface area (Å²) in [6.45, 7) is 2.47. The molecule has 2 atom stereocenters. The van der Waals surface area contributed by atoms with E-state index in [0.717, 1.165) is 6.07 Å². The Bertz CT molecular complexity index is 611. The first-order chi connectivity index (χ1) is 8.59. The summed E-state index contributed by atoms with van der Waals surface area (Å²) in [5.41, 5.74) is 6.31. The minimum Gasteiger partial charge on any atom is -0.376 e. The van der Waals surface area contributed by atoms with Gasteiger partial charge in [-0.2, -0.15) is 0 Å².